The van der Waals surface area contributed by atoms with E-state index in [1.807, 2.05) is 31.2 Å². The first-order valence-corrected chi connectivity index (χ1v) is 9.79. The SMILES string of the molecule is CCOc1ccc([C@@H]2c3c(oc4ccccc4c3=O)C(=O)N2Cc2ccco2)cc1. The van der Waals surface area contributed by atoms with Crippen molar-refractivity contribution in [1.29, 1.82) is 0 Å². The summed E-state index contributed by atoms with van der Waals surface area (Å²) in [6.45, 7) is 2.70. The molecule has 3 heterocycles. The Hall–Kier alpha value is -3.80. The predicted octanol–water partition coefficient (Wildman–Crippen LogP) is 4.53. The molecule has 1 atom stereocenters. The molecule has 0 N–H and O–H groups in total. The molecule has 2 aromatic carbocycles. The summed E-state index contributed by atoms with van der Waals surface area (Å²) in [5.74, 6) is 1.12. The molecule has 0 radical (unpaired) electrons. The van der Waals surface area contributed by atoms with Gasteiger partial charge in [-0.05, 0) is 48.9 Å². The Bertz CT molecular complexity index is 1270. The third kappa shape index (κ3) is 2.88. The van der Waals surface area contributed by atoms with Gasteiger partial charge in [0.05, 0.1) is 36.4 Å². The van der Waals surface area contributed by atoms with Gasteiger partial charge in [-0.3, -0.25) is 9.59 Å². The van der Waals surface area contributed by atoms with Crippen molar-refractivity contribution < 1.29 is 18.4 Å². The number of ether oxygens (including phenoxy) is 1. The summed E-state index contributed by atoms with van der Waals surface area (Å²) in [6.07, 6.45) is 1.56. The van der Waals surface area contributed by atoms with E-state index in [4.69, 9.17) is 13.6 Å². The Labute approximate surface area is 172 Å². The van der Waals surface area contributed by atoms with Crippen molar-refractivity contribution in [2.24, 2.45) is 0 Å². The Morgan fingerprint density at radius 3 is 2.53 bits per heavy atom. The molecule has 1 amide bonds. The lowest BCUT2D eigenvalue weighted by atomic mass is 9.98. The highest BCUT2D eigenvalue weighted by Crippen LogP contribution is 2.39. The quantitative estimate of drug-likeness (QED) is 0.491. The van der Waals surface area contributed by atoms with E-state index in [1.165, 1.54) is 0 Å². The number of para-hydroxylation sites is 1. The summed E-state index contributed by atoms with van der Waals surface area (Å²) in [4.78, 5) is 28.3. The fraction of sp³-hybridized carbons (Fsp3) is 0.167. The van der Waals surface area contributed by atoms with E-state index in [1.54, 1.807) is 47.6 Å². The number of carbonyl (C=O) groups is 1. The third-order valence-corrected chi connectivity index (χ3v) is 5.29. The van der Waals surface area contributed by atoms with Gasteiger partial charge in [-0.1, -0.05) is 24.3 Å². The topological polar surface area (TPSA) is 72.9 Å². The molecular weight excluding hydrogens is 382 g/mol. The van der Waals surface area contributed by atoms with Gasteiger partial charge >= 0.3 is 0 Å². The van der Waals surface area contributed by atoms with Crippen molar-refractivity contribution >= 4 is 16.9 Å². The van der Waals surface area contributed by atoms with Gasteiger partial charge in [0, 0.05) is 0 Å². The van der Waals surface area contributed by atoms with Crippen LogP contribution in [0.5, 0.6) is 5.75 Å². The molecule has 4 aromatic rings. The minimum atomic E-state index is -0.575. The monoisotopic (exact) mass is 401 g/mol. The Morgan fingerprint density at radius 2 is 1.80 bits per heavy atom. The smallest absolute Gasteiger partial charge is 0.291 e. The van der Waals surface area contributed by atoms with E-state index in [0.29, 0.717) is 28.9 Å². The largest absolute Gasteiger partial charge is 0.494 e. The number of carbonyl (C=O) groups excluding carboxylic acids is 1. The van der Waals surface area contributed by atoms with Gasteiger partial charge < -0.3 is 18.5 Å². The first-order valence-electron chi connectivity index (χ1n) is 9.79. The van der Waals surface area contributed by atoms with Crippen molar-refractivity contribution in [2.75, 3.05) is 6.61 Å². The van der Waals surface area contributed by atoms with Crippen LogP contribution in [0.4, 0.5) is 0 Å². The van der Waals surface area contributed by atoms with Crippen molar-refractivity contribution in [3.05, 3.63) is 99.8 Å². The molecule has 2 aromatic heterocycles. The van der Waals surface area contributed by atoms with Crippen molar-refractivity contribution in [3.63, 3.8) is 0 Å². The third-order valence-electron chi connectivity index (χ3n) is 5.29. The van der Waals surface area contributed by atoms with Crippen molar-refractivity contribution in [1.82, 2.24) is 4.90 Å². The Morgan fingerprint density at radius 1 is 1.00 bits per heavy atom. The number of nitrogens with zero attached hydrogens (tertiary/aromatic N) is 1. The zero-order valence-electron chi connectivity index (χ0n) is 16.3. The summed E-state index contributed by atoms with van der Waals surface area (Å²) in [5, 5.41) is 0.458. The molecule has 5 rings (SSSR count). The number of benzene rings is 2. The summed E-state index contributed by atoms with van der Waals surface area (Å²) >= 11 is 0. The molecule has 1 aliphatic heterocycles. The van der Waals surface area contributed by atoms with Gasteiger partial charge in [-0.25, -0.2) is 0 Å². The lowest BCUT2D eigenvalue weighted by molar-refractivity contribution is 0.0701. The van der Waals surface area contributed by atoms with Crippen LogP contribution in [0.1, 0.15) is 40.4 Å². The first kappa shape index (κ1) is 18.2. The lowest BCUT2D eigenvalue weighted by Crippen LogP contribution is -2.29. The van der Waals surface area contributed by atoms with Gasteiger partial charge in [0.25, 0.3) is 5.91 Å². The number of fused-ring (bicyclic) bond motifs is 2. The zero-order valence-corrected chi connectivity index (χ0v) is 16.3. The number of hydrogen-bond donors (Lipinski definition) is 0. The Kier molecular flexibility index (Phi) is 4.39. The molecule has 0 fully saturated rings. The lowest BCUT2D eigenvalue weighted by Gasteiger charge is -2.24. The molecule has 0 saturated heterocycles. The molecule has 0 bridgehead atoms. The number of rotatable bonds is 5. The molecule has 6 heteroatoms. The van der Waals surface area contributed by atoms with Gasteiger partial charge in [0.2, 0.25) is 5.76 Å². The van der Waals surface area contributed by atoms with Crippen LogP contribution in [0.3, 0.4) is 0 Å². The normalized spacial score (nSPS) is 15.6. The van der Waals surface area contributed by atoms with Crippen LogP contribution in [0.15, 0.2) is 80.6 Å². The fourth-order valence-electron chi connectivity index (χ4n) is 3.96. The zero-order chi connectivity index (χ0) is 20.7. The minimum Gasteiger partial charge on any atom is -0.494 e. The van der Waals surface area contributed by atoms with Gasteiger partial charge in [-0.2, -0.15) is 0 Å². The van der Waals surface area contributed by atoms with Gasteiger partial charge in [-0.15, -0.1) is 0 Å². The van der Waals surface area contributed by atoms with Crippen LogP contribution in [0.25, 0.3) is 11.0 Å². The van der Waals surface area contributed by atoms with Crippen LogP contribution in [0, 0.1) is 0 Å². The molecule has 0 aliphatic carbocycles. The second kappa shape index (κ2) is 7.22. The highest BCUT2D eigenvalue weighted by molar-refractivity contribution is 5.99. The maximum absolute atomic E-state index is 13.4. The summed E-state index contributed by atoms with van der Waals surface area (Å²) in [5.41, 5.74) is 1.37. The van der Waals surface area contributed by atoms with Crippen LogP contribution >= 0.6 is 0 Å². The maximum atomic E-state index is 13.4. The molecule has 150 valence electrons. The maximum Gasteiger partial charge on any atom is 0.291 e. The van der Waals surface area contributed by atoms with E-state index < -0.39 is 6.04 Å². The van der Waals surface area contributed by atoms with Crippen LogP contribution in [0.2, 0.25) is 0 Å². The second-order valence-corrected chi connectivity index (χ2v) is 7.09. The van der Waals surface area contributed by atoms with E-state index in [2.05, 4.69) is 0 Å². The molecule has 0 saturated carbocycles. The fourth-order valence-corrected chi connectivity index (χ4v) is 3.96. The molecule has 0 spiro atoms. The molecular formula is C24H19NO5. The van der Waals surface area contributed by atoms with E-state index in [0.717, 1.165) is 11.3 Å². The van der Waals surface area contributed by atoms with E-state index >= 15 is 0 Å². The molecule has 1 aliphatic rings. The number of hydrogen-bond acceptors (Lipinski definition) is 5. The minimum absolute atomic E-state index is 0.0872. The van der Waals surface area contributed by atoms with Crippen LogP contribution in [-0.2, 0) is 6.54 Å². The highest BCUT2D eigenvalue weighted by Gasteiger charge is 2.43. The van der Waals surface area contributed by atoms with Crippen LogP contribution in [-0.4, -0.2) is 17.4 Å². The average molecular weight is 401 g/mol. The van der Waals surface area contributed by atoms with E-state index in [9.17, 15) is 9.59 Å². The Balaban J connectivity index is 1.69. The molecule has 6 nitrogen and oxygen atoms in total. The van der Waals surface area contributed by atoms with Gasteiger partial charge in [0.1, 0.15) is 17.1 Å². The van der Waals surface area contributed by atoms with Gasteiger partial charge in [0.15, 0.2) is 5.43 Å². The molecule has 30 heavy (non-hydrogen) atoms. The number of furan rings is 1. The predicted molar refractivity (Wildman–Crippen MR) is 111 cm³/mol. The van der Waals surface area contributed by atoms with Crippen molar-refractivity contribution in [3.8, 4) is 5.75 Å². The summed E-state index contributed by atoms with van der Waals surface area (Å²) in [6, 6.07) is 17.4. The van der Waals surface area contributed by atoms with Crippen LogP contribution < -0.4 is 10.2 Å². The number of amides is 1. The standard InChI is InChI=1S/C24H19NO5/c1-2-28-16-11-9-15(10-12-16)21-20-22(26)18-7-3-4-8-19(18)30-23(20)24(27)25(21)14-17-6-5-13-29-17/h3-13,21H,2,14H2,1H3/t21-/m1/s1. The molecule has 0 unspecified atom stereocenters. The van der Waals surface area contributed by atoms with Crippen molar-refractivity contribution in [2.45, 2.75) is 19.5 Å². The second-order valence-electron chi connectivity index (χ2n) is 7.09. The highest BCUT2D eigenvalue weighted by atomic mass is 16.5. The first-order chi connectivity index (χ1) is 14.7. The summed E-state index contributed by atoms with van der Waals surface area (Å²) in [7, 11) is 0. The summed E-state index contributed by atoms with van der Waals surface area (Å²) < 4.78 is 16.9. The average Bonchev–Trinajstić information content (AvgIpc) is 3.37. The van der Waals surface area contributed by atoms with E-state index in [-0.39, 0.29) is 23.6 Å².